The predicted octanol–water partition coefficient (Wildman–Crippen LogP) is 5.15. The zero-order chi connectivity index (χ0) is 15.9. The summed E-state index contributed by atoms with van der Waals surface area (Å²) < 4.78 is 37.9. The fraction of sp³-hybridized carbons (Fsp3) is 0.375. The lowest BCUT2D eigenvalue weighted by molar-refractivity contribution is -0.134. The van der Waals surface area contributed by atoms with Crippen molar-refractivity contribution in [2.45, 2.75) is 38.4 Å². The molecule has 0 aliphatic heterocycles. The monoisotopic (exact) mass is 326 g/mol. The third-order valence-corrected chi connectivity index (χ3v) is 5.11. The Morgan fingerprint density at radius 2 is 1.95 bits per heavy atom. The van der Waals surface area contributed by atoms with Gasteiger partial charge in [-0.15, -0.1) is 11.3 Å². The summed E-state index contributed by atoms with van der Waals surface area (Å²) in [5, 5.41) is 3.63. The van der Waals surface area contributed by atoms with E-state index >= 15 is 0 Å². The van der Waals surface area contributed by atoms with Gasteiger partial charge in [-0.1, -0.05) is 6.07 Å². The molecule has 0 unspecified atom stereocenters. The highest BCUT2D eigenvalue weighted by Crippen LogP contribution is 2.43. The van der Waals surface area contributed by atoms with E-state index in [4.69, 9.17) is 5.73 Å². The van der Waals surface area contributed by atoms with Crippen molar-refractivity contribution in [2.24, 2.45) is 0 Å². The van der Waals surface area contributed by atoms with E-state index < -0.39 is 11.1 Å². The number of rotatable bonds is 4. The lowest BCUT2D eigenvalue weighted by Crippen LogP contribution is -2.06. The van der Waals surface area contributed by atoms with Crippen molar-refractivity contribution in [2.75, 3.05) is 11.1 Å². The second kappa shape index (κ2) is 5.50. The van der Waals surface area contributed by atoms with Gasteiger partial charge in [0.05, 0.1) is 5.00 Å². The third-order valence-electron chi connectivity index (χ3n) is 4.02. The molecule has 1 aliphatic rings. The average Bonchev–Trinajstić information content (AvgIpc) is 3.16. The molecular formula is C16H17F3N2S. The van der Waals surface area contributed by atoms with Crippen LogP contribution >= 0.6 is 11.3 Å². The van der Waals surface area contributed by atoms with E-state index in [2.05, 4.69) is 5.32 Å². The topological polar surface area (TPSA) is 38.0 Å². The Hall–Kier alpha value is -1.69. The average molecular weight is 326 g/mol. The van der Waals surface area contributed by atoms with Gasteiger partial charge in [0.15, 0.2) is 0 Å². The first-order valence-electron chi connectivity index (χ1n) is 7.15. The summed E-state index contributed by atoms with van der Waals surface area (Å²) in [7, 11) is 0. The normalized spacial score (nSPS) is 15.1. The van der Waals surface area contributed by atoms with Crippen LogP contribution in [0.5, 0.6) is 0 Å². The van der Waals surface area contributed by atoms with Crippen LogP contribution < -0.4 is 11.1 Å². The van der Waals surface area contributed by atoms with Crippen molar-refractivity contribution in [1.29, 1.82) is 0 Å². The minimum atomic E-state index is -4.28. The smallest absolute Gasteiger partial charge is 0.399 e. The lowest BCUT2D eigenvalue weighted by Gasteiger charge is -2.15. The molecule has 2 aromatic rings. The Morgan fingerprint density at radius 1 is 1.23 bits per heavy atom. The second-order valence-electron chi connectivity index (χ2n) is 5.64. The summed E-state index contributed by atoms with van der Waals surface area (Å²) >= 11 is 0.732. The minimum Gasteiger partial charge on any atom is -0.399 e. The van der Waals surface area contributed by atoms with E-state index in [1.165, 1.54) is 24.5 Å². The maximum atomic E-state index is 12.6. The molecule has 0 spiro atoms. The molecule has 0 radical (unpaired) electrons. The van der Waals surface area contributed by atoms with Gasteiger partial charge in [0, 0.05) is 12.2 Å². The van der Waals surface area contributed by atoms with Crippen LogP contribution in [0.2, 0.25) is 0 Å². The van der Waals surface area contributed by atoms with Gasteiger partial charge in [0.1, 0.15) is 4.88 Å². The van der Waals surface area contributed by atoms with Crippen molar-refractivity contribution < 1.29 is 13.2 Å². The molecule has 22 heavy (non-hydrogen) atoms. The maximum Gasteiger partial charge on any atom is 0.425 e. The summed E-state index contributed by atoms with van der Waals surface area (Å²) in [6.07, 6.45) is -1.93. The molecule has 3 rings (SSSR count). The predicted molar refractivity (Wildman–Crippen MR) is 84.2 cm³/mol. The van der Waals surface area contributed by atoms with E-state index in [1.54, 1.807) is 0 Å². The molecule has 2 nitrogen and oxygen atoms in total. The third kappa shape index (κ3) is 3.06. The van der Waals surface area contributed by atoms with Crippen LogP contribution in [0.4, 0.5) is 23.9 Å². The van der Waals surface area contributed by atoms with Gasteiger partial charge < -0.3 is 11.1 Å². The van der Waals surface area contributed by atoms with Gasteiger partial charge in [0.25, 0.3) is 0 Å². The highest BCUT2D eigenvalue weighted by Gasteiger charge is 2.32. The van der Waals surface area contributed by atoms with E-state index in [1.807, 2.05) is 19.1 Å². The molecule has 6 heteroatoms. The van der Waals surface area contributed by atoms with Crippen LogP contribution in [0.25, 0.3) is 0 Å². The molecule has 0 bridgehead atoms. The number of nitrogens with one attached hydrogen (secondary N) is 1. The molecule has 0 amide bonds. The molecular weight excluding hydrogens is 309 g/mol. The molecule has 1 fully saturated rings. The largest absolute Gasteiger partial charge is 0.425 e. The summed E-state index contributed by atoms with van der Waals surface area (Å²) in [4.78, 5) is -0.582. The summed E-state index contributed by atoms with van der Waals surface area (Å²) in [6.45, 7) is 2.47. The molecule has 1 aliphatic carbocycles. The number of nitrogen functional groups attached to an aromatic ring is 1. The number of hydrogen-bond acceptors (Lipinski definition) is 3. The quantitative estimate of drug-likeness (QED) is 0.763. The Morgan fingerprint density at radius 3 is 2.55 bits per heavy atom. The Labute approximate surface area is 131 Å². The molecule has 1 aromatic heterocycles. The first-order chi connectivity index (χ1) is 10.4. The summed E-state index contributed by atoms with van der Waals surface area (Å²) in [5.74, 6) is 0.574. The van der Waals surface area contributed by atoms with Gasteiger partial charge in [-0.05, 0) is 60.6 Å². The van der Waals surface area contributed by atoms with Gasteiger partial charge >= 0.3 is 6.18 Å². The van der Waals surface area contributed by atoms with Crippen molar-refractivity contribution in [3.05, 3.63) is 45.8 Å². The first-order valence-corrected chi connectivity index (χ1v) is 7.96. The Kier molecular flexibility index (Phi) is 3.80. The van der Waals surface area contributed by atoms with E-state index in [-0.39, 0.29) is 0 Å². The lowest BCUT2D eigenvalue weighted by atomic mass is 9.97. The zero-order valence-electron chi connectivity index (χ0n) is 12.1. The summed E-state index contributed by atoms with van der Waals surface area (Å²) in [5.41, 5.74) is 10.1. The molecule has 1 aromatic carbocycles. The Balaban J connectivity index is 1.79. The zero-order valence-corrected chi connectivity index (χ0v) is 12.9. The van der Waals surface area contributed by atoms with Crippen LogP contribution in [-0.4, -0.2) is 0 Å². The number of nitrogens with two attached hydrogens (primary N) is 1. The Bertz CT molecular complexity index is 687. The molecule has 0 saturated heterocycles. The molecule has 3 N–H and O–H groups in total. The standard InChI is InChI=1S/C16H17F3N2S/c1-9-12(11(10-2-3-10)4-5-13(9)20)8-21-15-7-6-14(22-15)16(17,18)19/h4-7,10,21H,2-3,8,20H2,1H3. The second-order valence-corrected chi connectivity index (χ2v) is 6.72. The van der Waals surface area contributed by atoms with Crippen LogP contribution in [0, 0.1) is 6.92 Å². The van der Waals surface area contributed by atoms with E-state index in [9.17, 15) is 13.2 Å². The van der Waals surface area contributed by atoms with Crippen molar-refractivity contribution >= 4 is 22.0 Å². The van der Waals surface area contributed by atoms with Gasteiger partial charge in [0.2, 0.25) is 0 Å². The van der Waals surface area contributed by atoms with Crippen molar-refractivity contribution in [3.63, 3.8) is 0 Å². The fourth-order valence-corrected chi connectivity index (χ4v) is 3.34. The van der Waals surface area contributed by atoms with Crippen molar-refractivity contribution in [3.8, 4) is 0 Å². The fourth-order valence-electron chi connectivity index (χ4n) is 2.57. The van der Waals surface area contributed by atoms with Crippen molar-refractivity contribution in [1.82, 2.24) is 0 Å². The number of benzene rings is 1. The summed E-state index contributed by atoms with van der Waals surface area (Å²) in [6, 6.07) is 6.55. The maximum absolute atomic E-state index is 12.6. The van der Waals surface area contributed by atoms with E-state index in [0.717, 1.165) is 34.2 Å². The van der Waals surface area contributed by atoms with E-state index in [0.29, 0.717) is 17.5 Å². The number of halogens is 3. The van der Waals surface area contributed by atoms with Gasteiger partial charge in [-0.3, -0.25) is 0 Å². The van der Waals surface area contributed by atoms with Crippen LogP contribution in [0.3, 0.4) is 0 Å². The SMILES string of the molecule is Cc1c(N)ccc(C2CC2)c1CNc1ccc(C(F)(F)F)s1. The first kappa shape index (κ1) is 15.2. The van der Waals surface area contributed by atoms with Crippen LogP contribution in [0.15, 0.2) is 24.3 Å². The molecule has 1 heterocycles. The van der Waals surface area contributed by atoms with Gasteiger partial charge in [-0.2, -0.15) is 13.2 Å². The highest BCUT2D eigenvalue weighted by molar-refractivity contribution is 7.16. The minimum absolute atomic E-state index is 0.501. The van der Waals surface area contributed by atoms with Gasteiger partial charge in [-0.25, -0.2) is 0 Å². The van der Waals surface area contributed by atoms with Crippen LogP contribution in [0.1, 0.15) is 40.3 Å². The number of anilines is 2. The number of hydrogen-bond donors (Lipinski definition) is 2. The number of thiophene rings is 1. The number of alkyl halides is 3. The molecule has 0 atom stereocenters. The molecule has 118 valence electrons. The highest BCUT2D eigenvalue weighted by atomic mass is 32.1. The molecule has 1 saturated carbocycles. The van der Waals surface area contributed by atoms with Crippen LogP contribution in [-0.2, 0) is 12.7 Å².